The number of carbonyl (C=O) groups excluding carboxylic acids is 1. The highest BCUT2D eigenvalue weighted by Crippen LogP contribution is 2.25. The number of hydrogen-bond acceptors (Lipinski definition) is 5. The van der Waals surface area contributed by atoms with Crippen LogP contribution in [0.15, 0.2) is 36.8 Å². The molecule has 1 aliphatic heterocycles. The van der Waals surface area contributed by atoms with Crippen molar-refractivity contribution < 1.29 is 4.79 Å². The van der Waals surface area contributed by atoms with Crippen LogP contribution >= 0.6 is 0 Å². The monoisotopic (exact) mass is 389 g/mol. The van der Waals surface area contributed by atoms with Gasteiger partial charge in [0.1, 0.15) is 5.52 Å². The van der Waals surface area contributed by atoms with Crippen LogP contribution in [0.2, 0.25) is 0 Å². The molecule has 2 aromatic heterocycles. The Hall–Kier alpha value is -3.02. The summed E-state index contributed by atoms with van der Waals surface area (Å²) in [7, 11) is 0. The molecule has 1 atom stereocenters. The topological polar surface area (TPSA) is 71.0 Å². The Kier molecular flexibility index (Phi) is 5.43. The molecule has 1 N–H and O–H groups in total. The fraction of sp³-hybridized carbons (Fsp3) is 0.391. The van der Waals surface area contributed by atoms with Gasteiger partial charge < -0.3 is 10.2 Å². The number of nitrogens with zero attached hydrogens (tertiary/aromatic N) is 4. The number of carbonyl (C=O) groups is 1. The molecule has 150 valence electrons. The maximum atomic E-state index is 12.9. The van der Waals surface area contributed by atoms with Crippen molar-refractivity contribution in [2.24, 2.45) is 5.92 Å². The third-order valence-corrected chi connectivity index (χ3v) is 5.75. The van der Waals surface area contributed by atoms with Gasteiger partial charge in [-0.1, -0.05) is 17.7 Å². The summed E-state index contributed by atoms with van der Waals surface area (Å²) in [5.74, 6) is 0.106. The van der Waals surface area contributed by atoms with Crippen molar-refractivity contribution in [3.05, 3.63) is 59.0 Å². The molecular formula is C23H27N5O. The lowest BCUT2D eigenvalue weighted by molar-refractivity contribution is -0.125. The number of rotatable bonds is 4. The highest BCUT2D eigenvalue weighted by atomic mass is 16.1. The molecule has 3 aromatic rings. The first kappa shape index (κ1) is 19.3. The van der Waals surface area contributed by atoms with Gasteiger partial charge in [-0.25, -0.2) is 9.97 Å². The third kappa shape index (κ3) is 4.21. The van der Waals surface area contributed by atoms with E-state index in [4.69, 9.17) is 0 Å². The van der Waals surface area contributed by atoms with Gasteiger partial charge in [-0.2, -0.15) is 0 Å². The number of benzene rings is 1. The average Bonchev–Trinajstić information content (AvgIpc) is 2.72. The van der Waals surface area contributed by atoms with Gasteiger partial charge in [0, 0.05) is 32.0 Å². The van der Waals surface area contributed by atoms with E-state index in [1.54, 1.807) is 12.4 Å². The first-order valence-corrected chi connectivity index (χ1v) is 10.2. The van der Waals surface area contributed by atoms with E-state index in [0.717, 1.165) is 30.6 Å². The molecule has 1 fully saturated rings. The Morgan fingerprint density at radius 2 is 1.86 bits per heavy atom. The lowest BCUT2D eigenvalue weighted by atomic mass is 9.96. The van der Waals surface area contributed by atoms with Crippen LogP contribution in [0.4, 0.5) is 5.69 Å². The minimum atomic E-state index is -0.0210. The van der Waals surface area contributed by atoms with Crippen LogP contribution in [-0.2, 0) is 11.3 Å². The van der Waals surface area contributed by atoms with E-state index < -0.39 is 0 Å². The summed E-state index contributed by atoms with van der Waals surface area (Å²) in [5, 5.41) is 3.17. The maximum absolute atomic E-state index is 12.9. The Morgan fingerprint density at radius 3 is 2.66 bits per heavy atom. The molecule has 29 heavy (non-hydrogen) atoms. The second-order valence-electron chi connectivity index (χ2n) is 7.97. The number of aryl methyl sites for hydroxylation is 3. The van der Waals surface area contributed by atoms with Crippen molar-refractivity contribution in [3.8, 4) is 0 Å². The van der Waals surface area contributed by atoms with Crippen molar-refractivity contribution in [2.45, 2.75) is 40.2 Å². The number of hydrogen-bond donors (Lipinski definition) is 1. The summed E-state index contributed by atoms with van der Waals surface area (Å²) in [5.41, 5.74) is 7.36. The molecule has 4 rings (SSSR count). The SMILES string of the molecule is Cc1cc(C)c(CNC(=O)[C@H]2CCCN(c3cnc4nccnc4c3)C2)c(C)c1. The van der Waals surface area contributed by atoms with Crippen LogP contribution in [0.1, 0.15) is 35.1 Å². The molecule has 1 amide bonds. The number of amides is 1. The highest BCUT2D eigenvalue weighted by molar-refractivity contribution is 5.80. The van der Waals surface area contributed by atoms with Gasteiger partial charge in [-0.3, -0.25) is 9.78 Å². The first-order valence-electron chi connectivity index (χ1n) is 10.2. The van der Waals surface area contributed by atoms with E-state index in [1.807, 2.05) is 12.3 Å². The lowest BCUT2D eigenvalue weighted by Crippen LogP contribution is -2.43. The zero-order valence-electron chi connectivity index (χ0n) is 17.3. The van der Waals surface area contributed by atoms with E-state index >= 15 is 0 Å². The Morgan fingerprint density at radius 1 is 1.10 bits per heavy atom. The number of piperidine rings is 1. The van der Waals surface area contributed by atoms with E-state index in [0.29, 0.717) is 18.7 Å². The fourth-order valence-corrected chi connectivity index (χ4v) is 4.25. The molecule has 1 saturated heterocycles. The quantitative estimate of drug-likeness (QED) is 0.740. The molecule has 1 aromatic carbocycles. The van der Waals surface area contributed by atoms with Gasteiger partial charge in [0.05, 0.1) is 17.8 Å². The number of pyridine rings is 1. The second-order valence-corrected chi connectivity index (χ2v) is 7.97. The zero-order chi connectivity index (χ0) is 20.4. The standard InChI is InChI=1S/C23H27N5O/c1-15-9-16(2)20(17(3)10-15)13-27-23(29)18-5-4-8-28(14-18)19-11-21-22(26-12-19)25-7-6-24-21/h6-7,9-12,18H,4-5,8,13-14H2,1-3H3,(H,27,29)/t18-/m0/s1. The summed E-state index contributed by atoms with van der Waals surface area (Å²) >= 11 is 0. The summed E-state index contributed by atoms with van der Waals surface area (Å²) < 4.78 is 0. The van der Waals surface area contributed by atoms with E-state index in [1.165, 1.54) is 22.3 Å². The summed E-state index contributed by atoms with van der Waals surface area (Å²) in [6.07, 6.45) is 7.05. The molecule has 0 saturated carbocycles. The van der Waals surface area contributed by atoms with Crippen LogP contribution in [0.3, 0.4) is 0 Å². The van der Waals surface area contributed by atoms with Gasteiger partial charge in [0.15, 0.2) is 5.65 Å². The smallest absolute Gasteiger partial charge is 0.225 e. The van der Waals surface area contributed by atoms with Gasteiger partial charge in [-0.15, -0.1) is 0 Å². The molecular weight excluding hydrogens is 362 g/mol. The maximum Gasteiger partial charge on any atom is 0.225 e. The van der Waals surface area contributed by atoms with Gasteiger partial charge >= 0.3 is 0 Å². The normalized spacial score (nSPS) is 16.8. The Balaban J connectivity index is 1.43. The predicted octanol–water partition coefficient (Wildman–Crippen LogP) is 3.48. The van der Waals surface area contributed by atoms with Crippen molar-refractivity contribution in [1.82, 2.24) is 20.3 Å². The van der Waals surface area contributed by atoms with E-state index in [9.17, 15) is 4.79 Å². The molecule has 0 bridgehead atoms. The summed E-state index contributed by atoms with van der Waals surface area (Å²) in [6, 6.07) is 6.35. The first-order chi connectivity index (χ1) is 14.0. The number of nitrogens with one attached hydrogen (secondary N) is 1. The molecule has 0 unspecified atom stereocenters. The van der Waals surface area contributed by atoms with Crippen LogP contribution in [0.25, 0.3) is 11.2 Å². The number of fused-ring (bicyclic) bond motifs is 1. The van der Waals surface area contributed by atoms with Crippen molar-refractivity contribution in [1.29, 1.82) is 0 Å². The molecule has 0 spiro atoms. The molecule has 0 radical (unpaired) electrons. The van der Waals surface area contributed by atoms with Gasteiger partial charge in [0.2, 0.25) is 5.91 Å². The molecule has 3 heterocycles. The average molecular weight is 390 g/mol. The highest BCUT2D eigenvalue weighted by Gasteiger charge is 2.26. The van der Waals surface area contributed by atoms with Crippen molar-refractivity contribution >= 4 is 22.8 Å². The summed E-state index contributed by atoms with van der Waals surface area (Å²) in [4.78, 5) is 28.1. The van der Waals surface area contributed by atoms with E-state index in [-0.39, 0.29) is 11.8 Å². The molecule has 6 nitrogen and oxygen atoms in total. The molecule has 0 aliphatic carbocycles. The number of aromatic nitrogens is 3. The van der Waals surface area contributed by atoms with E-state index in [2.05, 4.69) is 58.1 Å². The Bertz CT molecular complexity index is 1030. The zero-order valence-corrected chi connectivity index (χ0v) is 17.3. The van der Waals surface area contributed by atoms with Crippen LogP contribution in [-0.4, -0.2) is 33.9 Å². The molecule has 6 heteroatoms. The minimum absolute atomic E-state index is 0.0210. The molecule has 1 aliphatic rings. The Labute approximate surface area is 171 Å². The second kappa shape index (κ2) is 8.15. The fourth-order valence-electron chi connectivity index (χ4n) is 4.25. The largest absolute Gasteiger partial charge is 0.369 e. The van der Waals surface area contributed by atoms with Crippen LogP contribution in [0.5, 0.6) is 0 Å². The van der Waals surface area contributed by atoms with Gasteiger partial charge in [-0.05, 0) is 56.4 Å². The summed E-state index contributed by atoms with van der Waals surface area (Å²) in [6.45, 7) is 8.53. The predicted molar refractivity (Wildman–Crippen MR) is 115 cm³/mol. The third-order valence-electron chi connectivity index (χ3n) is 5.75. The van der Waals surface area contributed by atoms with Crippen molar-refractivity contribution in [2.75, 3.05) is 18.0 Å². The number of anilines is 1. The van der Waals surface area contributed by atoms with Crippen LogP contribution in [0, 0.1) is 26.7 Å². The lowest BCUT2D eigenvalue weighted by Gasteiger charge is -2.33. The van der Waals surface area contributed by atoms with Gasteiger partial charge in [0.25, 0.3) is 0 Å². The van der Waals surface area contributed by atoms with Crippen LogP contribution < -0.4 is 10.2 Å². The minimum Gasteiger partial charge on any atom is -0.369 e. The van der Waals surface area contributed by atoms with Crippen molar-refractivity contribution in [3.63, 3.8) is 0 Å².